The number of carbonyl (C=O) groups excluding carboxylic acids is 1. The summed E-state index contributed by atoms with van der Waals surface area (Å²) in [4.78, 5) is 25.4. The number of rotatable bonds is 14. The quantitative estimate of drug-likeness (QED) is 0.234. The molecule has 1 amide bonds. The van der Waals surface area contributed by atoms with Crippen LogP contribution < -0.4 is 5.32 Å². The molecule has 0 saturated carbocycles. The minimum absolute atomic E-state index is 0.0124. The first-order chi connectivity index (χ1) is 20.5. The molecule has 3 N–H and O–H groups in total. The highest BCUT2D eigenvalue weighted by atomic mass is 16.7. The zero-order valence-electron chi connectivity index (χ0n) is 24.8. The van der Waals surface area contributed by atoms with Crippen molar-refractivity contribution in [2.24, 2.45) is 0 Å². The van der Waals surface area contributed by atoms with Gasteiger partial charge in [-0.2, -0.15) is 0 Å². The molecule has 0 radical (unpaired) electrons. The number of amides is 1. The lowest BCUT2D eigenvalue weighted by Gasteiger charge is -2.38. The van der Waals surface area contributed by atoms with Crippen molar-refractivity contribution in [3.8, 4) is 0 Å². The van der Waals surface area contributed by atoms with Crippen LogP contribution in [0.4, 0.5) is 0 Å². The summed E-state index contributed by atoms with van der Waals surface area (Å²) in [5, 5.41) is 21.2. The number of aliphatic carboxylic acids is 1. The molecule has 0 unspecified atom stereocenters. The van der Waals surface area contributed by atoms with E-state index in [1.165, 1.54) is 32.1 Å². The predicted molar refractivity (Wildman–Crippen MR) is 162 cm³/mol. The van der Waals surface area contributed by atoms with Crippen LogP contribution in [0.3, 0.4) is 0 Å². The number of hydrogen-bond acceptors (Lipinski definition) is 6. The number of ether oxygens (including phenoxy) is 2. The number of carboxylic acids is 1. The fourth-order valence-electron chi connectivity index (χ4n) is 5.81. The topological polar surface area (TPSA) is 108 Å². The van der Waals surface area contributed by atoms with E-state index in [2.05, 4.69) is 10.2 Å². The van der Waals surface area contributed by atoms with E-state index in [1.54, 1.807) is 0 Å². The number of unbranched alkanes of at least 4 members (excludes halogenated alkanes) is 3. The molecule has 3 atom stereocenters. The normalized spacial score (nSPS) is 21.8. The van der Waals surface area contributed by atoms with Crippen LogP contribution in [0.5, 0.6) is 0 Å². The van der Waals surface area contributed by atoms with Crippen molar-refractivity contribution in [3.05, 3.63) is 70.8 Å². The molecule has 4 rings (SSSR count). The summed E-state index contributed by atoms with van der Waals surface area (Å²) in [6.07, 6.45) is 10.4. The third kappa shape index (κ3) is 10.8. The molecule has 8 nitrogen and oxygen atoms in total. The number of hydrogen-bond donors (Lipinski definition) is 3. The van der Waals surface area contributed by atoms with Crippen LogP contribution in [0.25, 0.3) is 0 Å². The first-order valence-corrected chi connectivity index (χ1v) is 15.8. The fraction of sp³-hybridized carbons (Fsp3) is 0.588. The van der Waals surface area contributed by atoms with Gasteiger partial charge in [0.25, 0.3) is 0 Å². The first-order valence-electron chi connectivity index (χ1n) is 15.8. The van der Waals surface area contributed by atoms with E-state index >= 15 is 0 Å². The Hall–Kier alpha value is -2.78. The van der Waals surface area contributed by atoms with E-state index < -0.39 is 12.3 Å². The summed E-state index contributed by atoms with van der Waals surface area (Å²) in [7, 11) is 0. The van der Waals surface area contributed by atoms with Crippen LogP contribution in [-0.2, 0) is 32.2 Å². The molecule has 230 valence electrons. The number of aliphatic hydroxyl groups excluding tert-OH is 1. The maximum atomic E-state index is 12.3. The number of nitrogens with zero attached hydrogens (tertiary/aromatic N) is 1. The van der Waals surface area contributed by atoms with Gasteiger partial charge in [0.15, 0.2) is 6.29 Å². The maximum absolute atomic E-state index is 12.3. The van der Waals surface area contributed by atoms with E-state index in [0.29, 0.717) is 19.4 Å². The average Bonchev–Trinajstić information content (AvgIpc) is 2.99. The summed E-state index contributed by atoms with van der Waals surface area (Å²) in [5.74, 6) is -0.755. The Morgan fingerprint density at radius 3 is 2.07 bits per heavy atom. The minimum Gasteiger partial charge on any atom is -0.481 e. The van der Waals surface area contributed by atoms with Gasteiger partial charge in [-0.1, -0.05) is 80.6 Å². The smallest absolute Gasteiger partial charge is 0.303 e. The van der Waals surface area contributed by atoms with Crippen LogP contribution in [-0.4, -0.2) is 52.7 Å². The molecule has 2 aromatic carbocycles. The SMILES string of the molecule is O=C(O)CCCCCCC(=O)NCc1ccc([C@@H]2O[C@H](CN3CCCCCCC3)C[C@H](c3ccc(CO)cc3)O2)cc1. The lowest BCUT2D eigenvalue weighted by Crippen LogP contribution is -2.40. The summed E-state index contributed by atoms with van der Waals surface area (Å²) in [6.45, 7) is 3.62. The zero-order valence-corrected chi connectivity index (χ0v) is 24.8. The minimum atomic E-state index is -0.767. The van der Waals surface area contributed by atoms with Crippen molar-refractivity contribution in [1.82, 2.24) is 10.2 Å². The Morgan fingerprint density at radius 1 is 0.786 bits per heavy atom. The van der Waals surface area contributed by atoms with E-state index in [9.17, 15) is 14.7 Å². The van der Waals surface area contributed by atoms with Gasteiger partial charge in [0, 0.05) is 37.9 Å². The van der Waals surface area contributed by atoms with Crippen molar-refractivity contribution < 1.29 is 29.3 Å². The van der Waals surface area contributed by atoms with Gasteiger partial charge in [-0.25, -0.2) is 0 Å². The molecule has 8 heteroatoms. The molecule has 2 fully saturated rings. The molecule has 0 aromatic heterocycles. The molecular formula is C34H48N2O6. The van der Waals surface area contributed by atoms with Gasteiger partial charge in [-0.05, 0) is 55.5 Å². The first kappa shape index (κ1) is 32.1. The van der Waals surface area contributed by atoms with Crippen molar-refractivity contribution in [2.45, 2.75) is 109 Å². The second-order valence-electron chi connectivity index (χ2n) is 11.7. The largest absolute Gasteiger partial charge is 0.481 e. The van der Waals surface area contributed by atoms with Gasteiger partial charge in [0.1, 0.15) is 0 Å². The maximum Gasteiger partial charge on any atom is 0.303 e. The number of aliphatic hydroxyl groups is 1. The lowest BCUT2D eigenvalue weighted by atomic mass is 9.99. The van der Waals surface area contributed by atoms with Crippen molar-refractivity contribution in [3.63, 3.8) is 0 Å². The molecule has 0 bridgehead atoms. The van der Waals surface area contributed by atoms with Gasteiger partial charge >= 0.3 is 5.97 Å². The Balaban J connectivity index is 1.32. The van der Waals surface area contributed by atoms with Gasteiger partial charge in [-0.15, -0.1) is 0 Å². The summed E-state index contributed by atoms with van der Waals surface area (Å²) >= 11 is 0. The Labute approximate surface area is 250 Å². The van der Waals surface area contributed by atoms with E-state index in [0.717, 1.165) is 67.6 Å². The highest BCUT2D eigenvalue weighted by Gasteiger charge is 2.33. The Bertz CT molecular complexity index is 1080. The second kappa shape index (κ2) is 17.4. The van der Waals surface area contributed by atoms with Crippen LogP contribution in [0.15, 0.2) is 48.5 Å². The third-order valence-electron chi connectivity index (χ3n) is 8.31. The van der Waals surface area contributed by atoms with Crippen LogP contribution in [0, 0.1) is 0 Å². The van der Waals surface area contributed by atoms with Gasteiger partial charge in [0.05, 0.1) is 18.8 Å². The van der Waals surface area contributed by atoms with Gasteiger partial charge in [-0.3, -0.25) is 9.59 Å². The van der Waals surface area contributed by atoms with E-state index in [1.807, 2.05) is 48.5 Å². The fourth-order valence-corrected chi connectivity index (χ4v) is 5.81. The van der Waals surface area contributed by atoms with E-state index in [4.69, 9.17) is 14.6 Å². The van der Waals surface area contributed by atoms with Gasteiger partial charge < -0.3 is 29.9 Å². The van der Waals surface area contributed by atoms with Crippen LogP contribution >= 0.6 is 0 Å². The number of benzene rings is 2. The molecule has 2 aliphatic heterocycles. The lowest BCUT2D eigenvalue weighted by molar-refractivity contribution is -0.253. The molecule has 0 aliphatic carbocycles. The molecular weight excluding hydrogens is 532 g/mol. The summed E-state index contributed by atoms with van der Waals surface area (Å²) < 4.78 is 13.1. The van der Waals surface area contributed by atoms with Crippen LogP contribution in [0.2, 0.25) is 0 Å². The third-order valence-corrected chi connectivity index (χ3v) is 8.31. The standard InChI is InChI=1S/C34H48N2O6/c37-25-27-14-16-28(17-15-27)31-22-30(24-36-20-8-4-1-5-9-21-36)41-34(42-31)29-18-12-26(13-19-29)23-35-32(38)10-6-2-3-7-11-33(39)40/h12-19,30-31,34,37H,1-11,20-25H2,(H,35,38)(H,39,40)/t30-,31+,34+/m0/s1. The number of likely N-dealkylation sites (tertiary alicyclic amines) is 1. The second-order valence-corrected chi connectivity index (χ2v) is 11.7. The Morgan fingerprint density at radius 2 is 1.40 bits per heavy atom. The van der Waals surface area contributed by atoms with Crippen LogP contribution in [0.1, 0.15) is 112 Å². The van der Waals surface area contributed by atoms with Crippen molar-refractivity contribution in [1.29, 1.82) is 0 Å². The predicted octanol–water partition coefficient (Wildman–Crippen LogP) is 6.03. The average molecular weight is 581 g/mol. The number of carbonyl (C=O) groups is 2. The molecule has 2 aliphatic rings. The van der Waals surface area contributed by atoms with Gasteiger partial charge in [0.2, 0.25) is 5.91 Å². The van der Waals surface area contributed by atoms with Crippen molar-refractivity contribution >= 4 is 11.9 Å². The van der Waals surface area contributed by atoms with Crippen molar-refractivity contribution in [2.75, 3.05) is 19.6 Å². The summed E-state index contributed by atoms with van der Waals surface area (Å²) in [6, 6.07) is 16.1. The highest BCUT2D eigenvalue weighted by Crippen LogP contribution is 2.38. The molecule has 2 aromatic rings. The number of carboxylic acid groups (broad SMARTS) is 1. The van der Waals surface area contributed by atoms with E-state index in [-0.39, 0.29) is 31.1 Å². The number of nitrogens with one attached hydrogen (secondary N) is 1. The molecule has 2 saturated heterocycles. The molecule has 0 spiro atoms. The summed E-state index contributed by atoms with van der Waals surface area (Å²) in [5.41, 5.74) is 3.95. The zero-order chi connectivity index (χ0) is 29.6. The molecule has 42 heavy (non-hydrogen) atoms. The highest BCUT2D eigenvalue weighted by molar-refractivity contribution is 5.75. The monoisotopic (exact) mass is 580 g/mol. The Kier molecular flexibility index (Phi) is 13.3. The molecule has 2 heterocycles.